The van der Waals surface area contributed by atoms with Gasteiger partial charge in [-0.15, -0.1) is 5.10 Å². The fraction of sp³-hybridized carbons (Fsp3) is 0.278. The van der Waals surface area contributed by atoms with E-state index in [2.05, 4.69) is 20.1 Å². The third-order valence-electron chi connectivity index (χ3n) is 4.71. The second-order valence-corrected chi connectivity index (χ2v) is 7.18. The molecule has 0 saturated carbocycles. The summed E-state index contributed by atoms with van der Waals surface area (Å²) in [6.07, 6.45) is 4.48. The molecule has 3 aromatic heterocycles. The van der Waals surface area contributed by atoms with E-state index < -0.39 is 0 Å². The highest BCUT2D eigenvalue weighted by molar-refractivity contribution is 7.03. The van der Waals surface area contributed by atoms with Gasteiger partial charge in [0.1, 0.15) is 6.04 Å². The lowest BCUT2D eigenvalue weighted by molar-refractivity contribution is -0.121. The highest BCUT2D eigenvalue weighted by Crippen LogP contribution is 2.25. The molecule has 1 aromatic carbocycles. The van der Waals surface area contributed by atoms with Crippen molar-refractivity contribution < 1.29 is 4.79 Å². The molecule has 136 valence electrons. The molecule has 27 heavy (non-hydrogen) atoms. The van der Waals surface area contributed by atoms with Crippen LogP contribution in [0.4, 0.5) is 5.95 Å². The van der Waals surface area contributed by atoms with E-state index in [-0.39, 0.29) is 11.9 Å². The molecule has 4 heterocycles. The van der Waals surface area contributed by atoms with Crippen LogP contribution in [0.3, 0.4) is 0 Å². The molecular weight excluding hydrogens is 362 g/mol. The largest absolute Gasteiger partial charge is 0.354 e. The number of hydrogen-bond acceptors (Lipinski definition) is 7. The van der Waals surface area contributed by atoms with Crippen LogP contribution in [-0.2, 0) is 4.79 Å². The maximum absolute atomic E-state index is 12.4. The fourth-order valence-electron chi connectivity index (χ4n) is 3.32. The predicted molar refractivity (Wildman–Crippen MR) is 104 cm³/mol. The van der Waals surface area contributed by atoms with E-state index in [1.165, 1.54) is 11.5 Å². The Hall–Kier alpha value is -3.07. The van der Waals surface area contributed by atoms with Gasteiger partial charge in [-0.05, 0) is 42.9 Å². The molecule has 1 amide bonds. The molecule has 0 radical (unpaired) electrons. The number of carbonyl (C=O) groups excluding carboxylic acids is 1. The van der Waals surface area contributed by atoms with Crippen molar-refractivity contribution in [1.82, 2.24) is 29.3 Å². The van der Waals surface area contributed by atoms with Crippen LogP contribution in [0.5, 0.6) is 0 Å². The Bertz CT molecular complexity index is 1120. The maximum Gasteiger partial charge on any atom is 0.242 e. The lowest BCUT2D eigenvalue weighted by Gasteiger charge is -2.16. The number of amides is 1. The normalized spacial score (nSPS) is 17.8. The monoisotopic (exact) mass is 379 g/mol. The number of fused-ring (bicyclic) bond motifs is 3. The van der Waals surface area contributed by atoms with Crippen molar-refractivity contribution in [2.75, 3.05) is 11.9 Å². The summed E-state index contributed by atoms with van der Waals surface area (Å²) < 4.78 is 5.82. The second kappa shape index (κ2) is 6.58. The van der Waals surface area contributed by atoms with Gasteiger partial charge in [-0.2, -0.15) is 4.52 Å². The zero-order chi connectivity index (χ0) is 18.2. The Morgan fingerprint density at radius 3 is 3.04 bits per heavy atom. The lowest BCUT2D eigenvalue weighted by Crippen LogP contribution is -2.38. The first-order chi connectivity index (χ1) is 13.3. The molecule has 0 aliphatic carbocycles. The molecule has 5 rings (SSSR count). The molecule has 8 nitrogen and oxygen atoms in total. The topological polar surface area (TPSA) is 97.1 Å². The smallest absolute Gasteiger partial charge is 0.242 e. The molecule has 0 unspecified atom stereocenters. The SMILES string of the molecule is O=C1NCCCC[C@H]1Nc1nc2ccccc2c2nc(-c3cnsc3)nn12. The van der Waals surface area contributed by atoms with E-state index in [0.717, 1.165) is 42.3 Å². The molecule has 1 atom stereocenters. The number of nitrogens with one attached hydrogen (secondary N) is 2. The van der Waals surface area contributed by atoms with Crippen molar-refractivity contribution in [2.24, 2.45) is 0 Å². The minimum Gasteiger partial charge on any atom is -0.354 e. The number of para-hydroxylation sites is 1. The molecule has 4 aromatic rings. The molecule has 2 N–H and O–H groups in total. The Labute approximate surface area is 158 Å². The van der Waals surface area contributed by atoms with Crippen LogP contribution in [0.2, 0.25) is 0 Å². The van der Waals surface area contributed by atoms with Crippen LogP contribution in [-0.4, -0.2) is 42.4 Å². The maximum atomic E-state index is 12.4. The van der Waals surface area contributed by atoms with Crippen molar-refractivity contribution in [3.63, 3.8) is 0 Å². The highest BCUT2D eigenvalue weighted by atomic mass is 32.1. The summed E-state index contributed by atoms with van der Waals surface area (Å²) in [6, 6.07) is 7.47. The zero-order valence-corrected chi connectivity index (χ0v) is 15.2. The Kier molecular flexibility index (Phi) is 3.93. The van der Waals surface area contributed by atoms with Crippen molar-refractivity contribution in [1.29, 1.82) is 0 Å². The van der Waals surface area contributed by atoms with Gasteiger partial charge in [0.2, 0.25) is 11.9 Å². The molecular formula is C18H17N7OS. The molecule has 1 aliphatic heterocycles. The summed E-state index contributed by atoms with van der Waals surface area (Å²) in [7, 11) is 0. The second-order valence-electron chi connectivity index (χ2n) is 6.52. The van der Waals surface area contributed by atoms with Crippen molar-refractivity contribution >= 4 is 39.9 Å². The molecule has 0 spiro atoms. The van der Waals surface area contributed by atoms with Crippen molar-refractivity contribution in [3.05, 3.63) is 35.8 Å². The molecule has 1 fully saturated rings. The molecule has 1 aliphatic rings. The lowest BCUT2D eigenvalue weighted by atomic mass is 10.1. The van der Waals surface area contributed by atoms with Crippen LogP contribution < -0.4 is 10.6 Å². The Morgan fingerprint density at radius 2 is 2.15 bits per heavy atom. The van der Waals surface area contributed by atoms with E-state index in [9.17, 15) is 4.79 Å². The number of hydrogen-bond donors (Lipinski definition) is 2. The first kappa shape index (κ1) is 16.1. The van der Waals surface area contributed by atoms with Crippen molar-refractivity contribution in [3.8, 4) is 11.4 Å². The third kappa shape index (κ3) is 2.89. The predicted octanol–water partition coefficient (Wildman–Crippen LogP) is 2.48. The molecule has 1 saturated heterocycles. The number of carbonyl (C=O) groups is 1. The van der Waals surface area contributed by atoms with Gasteiger partial charge in [0.05, 0.1) is 17.3 Å². The van der Waals surface area contributed by atoms with Gasteiger partial charge in [-0.25, -0.2) is 14.3 Å². The zero-order valence-electron chi connectivity index (χ0n) is 14.4. The summed E-state index contributed by atoms with van der Waals surface area (Å²) in [5, 5.41) is 13.7. The van der Waals surface area contributed by atoms with Gasteiger partial charge in [0, 0.05) is 17.3 Å². The summed E-state index contributed by atoms with van der Waals surface area (Å²) in [5.41, 5.74) is 2.38. The Morgan fingerprint density at radius 1 is 1.22 bits per heavy atom. The number of nitrogens with zero attached hydrogens (tertiary/aromatic N) is 5. The number of anilines is 1. The van der Waals surface area contributed by atoms with Gasteiger partial charge in [0.15, 0.2) is 11.5 Å². The average molecular weight is 379 g/mol. The van der Waals surface area contributed by atoms with Crippen LogP contribution in [0.1, 0.15) is 19.3 Å². The fourth-order valence-corrected chi connectivity index (χ4v) is 3.83. The summed E-state index contributed by atoms with van der Waals surface area (Å²) >= 11 is 1.36. The number of benzene rings is 1. The van der Waals surface area contributed by atoms with Gasteiger partial charge < -0.3 is 10.6 Å². The first-order valence-electron chi connectivity index (χ1n) is 8.89. The highest BCUT2D eigenvalue weighted by Gasteiger charge is 2.23. The van der Waals surface area contributed by atoms with Gasteiger partial charge in [-0.3, -0.25) is 4.79 Å². The van der Waals surface area contributed by atoms with E-state index in [1.54, 1.807) is 10.7 Å². The first-order valence-corrected chi connectivity index (χ1v) is 9.73. The van der Waals surface area contributed by atoms with Crippen LogP contribution in [0, 0.1) is 0 Å². The van der Waals surface area contributed by atoms with Gasteiger partial charge >= 0.3 is 0 Å². The van der Waals surface area contributed by atoms with E-state index in [0.29, 0.717) is 17.4 Å². The standard InChI is InChI=1S/C18H17N7OS/c26-17-14(7-3-4-8-19-17)22-18-21-13-6-2-1-5-12(13)16-23-15(24-25(16)18)11-9-20-27-10-11/h1-2,5-6,9-10,14H,3-4,7-8H2,(H,19,26)(H,21,22)/t14-/m1/s1. The molecule has 0 bridgehead atoms. The molecule has 9 heteroatoms. The van der Waals surface area contributed by atoms with Crippen LogP contribution in [0.25, 0.3) is 27.9 Å². The quantitative estimate of drug-likeness (QED) is 0.568. The van der Waals surface area contributed by atoms with Crippen LogP contribution in [0.15, 0.2) is 35.8 Å². The van der Waals surface area contributed by atoms with E-state index in [4.69, 9.17) is 9.97 Å². The summed E-state index contributed by atoms with van der Waals surface area (Å²) in [5.74, 6) is 1.11. The van der Waals surface area contributed by atoms with Crippen LogP contribution >= 0.6 is 11.5 Å². The number of aromatic nitrogens is 5. The third-order valence-corrected chi connectivity index (χ3v) is 5.29. The van der Waals surface area contributed by atoms with Gasteiger partial charge in [-0.1, -0.05) is 12.1 Å². The summed E-state index contributed by atoms with van der Waals surface area (Å²) in [4.78, 5) is 21.8. The van der Waals surface area contributed by atoms with Crippen molar-refractivity contribution in [2.45, 2.75) is 25.3 Å². The minimum atomic E-state index is -0.333. The number of rotatable bonds is 3. The van der Waals surface area contributed by atoms with Gasteiger partial charge in [0.25, 0.3) is 0 Å². The average Bonchev–Trinajstić information content (AvgIpc) is 3.32. The minimum absolute atomic E-state index is 0.00187. The van der Waals surface area contributed by atoms with E-state index >= 15 is 0 Å². The summed E-state index contributed by atoms with van der Waals surface area (Å²) in [6.45, 7) is 0.718. The van der Waals surface area contributed by atoms with E-state index in [1.807, 2.05) is 29.6 Å². The Balaban J connectivity index is 1.66.